The van der Waals surface area contributed by atoms with Gasteiger partial charge in [-0.15, -0.1) is 0 Å². The van der Waals surface area contributed by atoms with E-state index < -0.39 is 18.6 Å². The molecule has 102 valence electrons. The summed E-state index contributed by atoms with van der Waals surface area (Å²) in [5.41, 5.74) is -0.612. The van der Waals surface area contributed by atoms with Crippen molar-refractivity contribution < 1.29 is 18.6 Å². The third kappa shape index (κ3) is 6.91. The van der Waals surface area contributed by atoms with Gasteiger partial charge in [-0.3, -0.25) is 0 Å². The third-order valence-electron chi connectivity index (χ3n) is 3.16. The van der Waals surface area contributed by atoms with Crippen LogP contribution in [-0.4, -0.2) is 43.4 Å². The van der Waals surface area contributed by atoms with E-state index in [0.29, 0.717) is 13.1 Å². The highest BCUT2D eigenvalue weighted by Gasteiger charge is 2.27. The Morgan fingerprint density at radius 2 is 1.82 bits per heavy atom. The first-order chi connectivity index (χ1) is 8.12. The van der Waals surface area contributed by atoms with Crippen LogP contribution in [0.5, 0.6) is 0 Å². The third-order valence-corrected chi connectivity index (χ3v) is 3.16. The van der Waals surface area contributed by atoms with Crippen molar-refractivity contribution in [2.24, 2.45) is 0 Å². The molecule has 0 aliphatic heterocycles. The highest BCUT2D eigenvalue weighted by atomic mass is 19.3. The standard InChI is InChI=1S/C12H23F2NO2/c13-11(14)9-17-8-7-15-10-12(16)5-3-1-2-4-6-12/h11,15-16H,1-10H2. The first-order valence-electron chi connectivity index (χ1n) is 6.41. The number of hydrogen-bond donors (Lipinski definition) is 2. The normalized spacial score (nSPS) is 20.5. The minimum Gasteiger partial charge on any atom is -0.389 e. The molecule has 3 nitrogen and oxygen atoms in total. The second kappa shape index (κ2) is 7.95. The van der Waals surface area contributed by atoms with E-state index in [1.165, 1.54) is 12.8 Å². The molecule has 0 unspecified atom stereocenters. The first-order valence-corrected chi connectivity index (χ1v) is 6.41. The molecule has 0 aromatic carbocycles. The minimum absolute atomic E-state index is 0.264. The summed E-state index contributed by atoms with van der Waals surface area (Å²) in [5, 5.41) is 13.3. The quantitative estimate of drug-likeness (QED) is 0.537. The summed E-state index contributed by atoms with van der Waals surface area (Å²) in [6.07, 6.45) is 3.79. The Labute approximate surface area is 102 Å². The SMILES string of the molecule is OC1(CNCCOCC(F)F)CCCCCC1. The van der Waals surface area contributed by atoms with Crippen LogP contribution in [0.3, 0.4) is 0 Å². The monoisotopic (exact) mass is 251 g/mol. The Morgan fingerprint density at radius 3 is 2.41 bits per heavy atom. The summed E-state index contributed by atoms with van der Waals surface area (Å²) in [6.45, 7) is 0.798. The van der Waals surface area contributed by atoms with E-state index >= 15 is 0 Å². The fraction of sp³-hybridized carbons (Fsp3) is 1.00. The van der Waals surface area contributed by atoms with Crippen LogP contribution in [0.2, 0.25) is 0 Å². The van der Waals surface area contributed by atoms with E-state index in [4.69, 9.17) is 4.74 Å². The average molecular weight is 251 g/mol. The van der Waals surface area contributed by atoms with E-state index in [2.05, 4.69) is 5.32 Å². The molecule has 5 heteroatoms. The maximum absolute atomic E-state index is 11.8. The highest BCUT2D eigenvalue weighted by Crippen LogP contribution is 2.26. The van der Waals surface area contributed by atoms with Gasteiger partial charge < -0.3 is 15.2 Å². The van der Waals surface area contributed by atoms with Crippen LogP contribution in [0.15, 0.2) is 0 Å². The first kappa shape index (κ1) is 14.8. The number of alkyl halides is 2. The molecule has 1 fully saturated rings. The van der Waals surface area contributed by atoms with Crippen LogP contribution >= 0.6 is 0 Å². The Balaban J connectivity index is 2.04. The molecule has 1 aliphatic rings. The van der Waals surface area contributed by atoms with Crippen LogP contribution in [0, 0.1) is 0 Å². The number of rotatable bonds is 7. The Bertz CT molecular complexity index is 195. The smallest absolute Gasteiger partial charge is 0.261 e. The van der Waals surface area contributed by atoms with Crippen molar-refractivity contribution in [1.29, 1.82) is 0 Å². The molecule has 1 rings (SSSR count). The second-order valence-corrected chi connectivity index (χ2v) is 4.78. The summed E-state index contributed by atoms with van der Waals surface area (Å²) < 4.78 is 28.3. The number of nitrogens with one attached hydrogen (secondary N) is 1. The van der Waals surface area contributed by atoms with Gasteiger partial charge in [0, 0.05) is 13.1 Å². The van der Waals surface area contributed by atoms with Gasteiger partial charge in [0.25, 0.3) is 6.43 Å². The molecule has 0 saturated heterocycles. The van der Waals surface area contributed by atoms with Gasteiger partial charge in [-0.05, 0) is 12.8 Å². The molecule has 0 spiro atoms. The van der Waals surface area contributed by atoms with E-state index in [9.17, 15) is 13.9 Å². The second-order valence-electron chi connectivity index (χ2n) is 4.78. The summed E-state index contributed by atoms with van der Waals surface area (Å²) >= 11 is 0. The summed E-state index contributed by atoms with van der Waals surface area (Å²) in [6, 6.07) is 0. The van der Waals surface area contributed by atoms with E-state index in [0.717, 1.165) is 25.7 Å². The molecular weight excluding hydrogens is 228 g/mol. The molecule has 17 heavy (non-hydrogen) atoms. The predicted molar refractivity (Wildman–Crippen MR) is 62.3 cm³/mol. The van der Waals surface area contributed by atoms with Crippen LogP contribution in [-0.2, 0) is 4.74 Å². The summed E-state index contributed by atoms with van der Waals surface area (Å²) in [5.74, 6) is 0. The van der Waals surface area contributed by atoms with Gasteiger partial charge in [0.1, 0.15) is 6.61 Å². The highest BCUT2D eigenvalue weighted by molar-refractivity contribution is 4.82. The molecule has 0 aromatic heterocycles. The number of ether oxygens (including phenoxy) is 1. The van der Waals surface area contributed by atoms with Gasteiger partial charge in [0.2, 0.25) is 0 Å². The van der Waals surface area contributed by atoms with Crippen molar-refractivity contribution in [1.82, 2.24) is 5.32 Å². The lowest BCUT2D eigenvalue weighted by Crippen LogP contribution is -2.41. The molecule has 1 aliphatic carbocycles. The van der Waals surface area contributed by atoms with E-state index in [1.807, 2.05) is 0 Å². The Kier molecular flexibility index (Phi) is 6.92. The van der Waals surface area contributed by atoms with Crippen molar-refractivity contribution in [3.8, 4) is 0 Å². The Morgan fingerprint density at radius 1 is 1.18 bits per heavy atom. The minimum atomic E-state index is -2.40. The Hall–Kier alpha value is -0.260. The zero-order valence-electron chi connectivity index (χ0n) is 10.3. The summed E-state index contributed by atoms with van der Waals surface area (Å²) in [4.78, 5) is 0. The largest absolute Gasteiger partial charge is 0.389 e. The van der Waals surface area contributed by atoms with Crippen molar-refractivity contribution in [2.45, 2.75) is 50.6 Å². The van der Waals surface area contributed by atoms with Gasteiger partial charge in [-0.1, -0.05) is 25.7 Å². The zero-order valence-corrected chi connectivity index (χ0v) is 10.3. The van der Waals surface area contributed by atoms with Crippen LogP contribution in [0.4, 0.5) is 8.78 Å². The lowest BCUT2D eigenvalue weighted by molar-refractivity contribution is 0.00919. The average Bonchev–Trinajstić information content (AvgIpc) is 2.48. The van der Waals surface area contributed by atoms with Crippen molar-refractivity contribution in [3.05, 3.63) is 0 Å². The van der Waals surface area contributed by atoms with Gasteiger partial charge >= 0.3 is 0 Å². The molecular formula is C12H23F2NO2. The fourth-order valence-corrected chi connectivity index (χ4v) is 2.20. The molecule has 0 radical (unpaired) electrons. The topological polar surface area (TPSA) is 41.5 Å². The van der Waals surface area contributed by atoms with E-state index in [-0.39, 0.29) is 6.61 Å². The van der Waals surface area contributed by atoms with Crippen LogP contribution in [0.1, 0.15) is 38.5 Å². The molecule has 0 amide bonds. The predicted octanol–water partition coefficient (Wildman–Crippen LogP) is 1.94. The van der Waals surface area contributed by atoms with Gasteiger partial charge in [-0.25, -0.2) is 8.78 Å². The zero-order chi connectivity index (χ0) is 12.6. The summed E-state index contributed by atoms with van der Waals surface area (Å²) in [7, 11) is 0. The lowest BCUT2D eigenvalue weighted by Gasteiger charge is -2.26. The van der Waals surface area contributed by atoms with E-state index in [1.54, 1.807) is 0 Å². The van der Waals surface area contributed by atoms with Gasteiger partial charge in [0.15, 0.2) is 0 Å². The maximum atomic E-state index is 11.8. The molecule has 2 N–H and O–H groups in total. The number of aliphatic hydroxyl groups is 1. The van der Waals surface area contributed by atoms with Crippen molar-refractivity contribution in [3.63, 3.8) is 0 Å². The fourth-order valence-electron chi connectivity index (χ4n) is 2.20. The van der Waals surface area contributed by atoms with Crippen LogP contribution < -0.4 is 5.32 Å². The van der Waals surface area contributed by atoms with Crippen LogP contribution in [0.25, 0.3) is 0 Å². The van der Waals surface area contributed by atoms with Gasteiger partial charge in [0.05, 0.1) is 12.2 Å². The van der Waals surface area contributed by atoms with Crippen molar-refractivity contribution in [2.75, 3.05) is 26.3 Å². The molecule has 1 saturated carbocycles. The lowest BCUT2D eigenvalue weighted by atomic mass is 9.94. The number of hydrogen-bond acceptors (Lipinski definition) is 3. The van der Waals surface area contributed by atoms with Gasteiger partial charge in [-0.2, -0.15) is 0 Å². The molecule has 0 bridgehead atoms. The molecule has 0 aromatic rings. The maximum Gasteiger partial charge on any atom is 0.261 e. The number of halogens is 2. The molecule has 0 atom stereocenters. The van der Waals surface area contributed by atoms with Crippen molar-refractivity contribution >= 4 is 0 Å². The molecule has 0 heterocycles.